The van der Waals surface area contributed by atoms with Gasteiger partial charge < -0.3 is 10.4 Å². The molecule has 0 unspecified atom stereocenters. The van der Waals surface area contributed by atoms with Crippen LogP contribution < -0.4 is 5.32 Å². The number of anilines is 2. The van der Waals surface area contributed by atoms with Crippen molar-refractivity contribution in [2.24, 2.45) is 0 Å². The number of halogens is 1. The Morgan fingerprint density at radius 1 is 0.935 bits per heavy atom. The second-order valence-electron chi connectivity index (χ2n) is 7.28. The molecule has 31 heavy (non-hydrogen) atoms. The lowest BCUT2D eigenvalue weighted by atomic mass is 10.1. The Hall–Kier alpha value is -4.26. The Morgan fingerprint density at radius 2 is 1.77 bits per heavy atom. The molecule has 0 radical (unpaired) electrons. The summed E-state index contributed by atoms with van der Waals surface area (Å²) in [6.45, 7) is 1.86. The monoisotopic (exact) mass is 411 g/mol. The Bertz CT molecular complexity index is 1380. The van der Waals surface area contributed by atoms with Crippen LogP contribution in [0.5, 0.6) is 5.75 Å². The number of benzene rings is 3. The van der Waals surface area contributed by atoms with E-state index in [0.717, 1.165) is 27.8 Å². The molecule has 0 aliphatic heterocycles. The van der Waals surface area contributed by atoms with Crippen molar-refractivity contribution in [3.63, 3.8) is 0 Å². The van der Waals surface area contributed by atoms with E-state index >= 15 is 0 Å². The van der Waals surface area contributed by atoms with E-state index in [4.69, 9.17) is 4.98 Å². The Morgan fingerprint density at radius 3 is 2.58 bits per heavy atom. The van der Waals surface area contributed by atoms with Gasteiger partial charge in [-0.25, -0.2) is 14.1 Å². The molecule has 0 bridgehead atoms. The van der Waals surface area contributed by atoms with Crippen LogP contribution in [0.1, 0.15) is 5.56 Å². The number of aromatic nitrogens is 4. The molecule has 2 aromatic heterocycles. The summed E-state index contributed by atoms with van der Waals surface area (Å²) >= 11 is 0. The van der Waals surface area contributed by atoms with Crippen LogP contribution in [0.15, 0.2) is 79.0 Å². The lowest BCUT2D eigenvalue weighted by Gasteiger charge is -2.11. The van der Waals surface area contributed by atoms with E-state index in [2.05, 4.69) is 15.6 Å². The minimum absolute atomic E-state index is 0.193. The molecular formula is C24H18FN5O. The molecule has 0 spiro atoms. The molecule has 0 fully saturated rings. The molecule has 6 nitrogen and oxygen atoms in total. The minimum atomic E-state index is -0.278. The van der Waals surface area contributed by atoms with Crippen molar-refractivity contribution < 1.29 is 9.50 Å². The van der Waals surface area contributed by atoms with Gasteiger partial charge in [0.25, 0.3) is 0 Å². The third-order valence-corrected chi connectivity index (χ3v) is 4.92. The van der Waals surface area contributed by atoms with E-state index in [1.54, 1.807) is 35.1 Å². The fraction of sp³-hybridized carbons (Fsp3) is 0.0417. The molecule has 0 amide bonds. The summed E-state index contributed by atoms with van der Waals surface area (Å²) in [5.74, 6) is -0.0852. The maximum Gasteiger partial charge on any atom is 0.131 e. The van der Waals surface area contributed by atoms with Crippen molar-refractivity contribution in [2.75, 3.05) is 5.32 Å². The van der Waals surface area contributed by atoms with E-state index in [1.165, 1.54) is 12.1 Å². The predicted octanol–water partition coefficient (Wildman–Crippen LogP) is 5.38. The van der Waals surface area contributed by atoms with Crippen molar-refractivity contribution in [1.82, 2.24) is 20.0 Å². The number of aryl methyl sites for hydroxylation is 1. The van der Waals surface area contributed by atoms with Crippen LogP contribution in [0, 0.1) is 12.7 Å². The van der Waals surface area contributed by atoms with Crippen molar-refractivity contribution in [3.05, 3.63) is 90.4 Å². The lowest BCUT2D eigenvalue weighted by molar-refractivity contribution is 0.475. The van der Waals surface area contributed by atoms with Gasteiger partial charge in [0.2, 0.25) is 0 Å². The molecule has 0 aliphatic carbocycles. The van der Waals surface area contributed by atoms with E-state index in [0.29, 0.717) is 17.1 Å². The summed E-state index contributed by atoms with van der Waals surface area (Å²) in [4.78, 5) is 4.73. The average molecular weight is 411 g/mol. The number of aromatic hydroxyl groups is 1. The van der Waals surface area contributed by atoms with Gasteiger partial charge in [-0.2, -0.15) is 0 Å². The zero-order chi connectivity index (χ0) is 21.4. The molecule has 2 heterocycles. The second kappa shape index (κ2) is 7.53. The van der Waals surface area contributed by atoms with Gasteiger partial charge in [0.1, 0.15) is 17.3 Å². The summed E-state index contributed by atoms with van der Waals surface area (Å²) in [5, 5.41) is 22.0. The topological polar surface area (TPSA) is 75.9 Å². The summed E-state index contributed by atoms with van der Waals surface area (Å²) in [6, 6.07) is 21.2. The van der Waals surface area contributed by atoms with Gasteiger partial charge >= 0.3 is 0 Å². The molecule has 3 aromatic carbocycles. The van der Waals surface area contributed by atoms with Crippen LogP contribution in [0.25, 0.3) is 28.0 Å². The third-order valence-electron chi connectivity index (χ3n) is 4.92. The number of phenols is 1. The molecule has 0 atom stereocenters. The molecule has 152 valence electrons. The summed E-state index contributed by atoms with van der Waals surface area (Å²) in [6.07, 6.45) is 1.79. The van der Waals surface area contributed by atoms with Crippen LogP contribution in [0.3, 0.4) is 0 Å². The van der Waals surface area contributed by atoms with Gasteiger partial charge in [-0.1, -0.05) is 11.3 Å². The molecule has 5 rings (SSSR count). The third kappa shape index (κ3) is 3.81. The standard InChI is InChI=1S/C24H18FN5O/c1-15-11-16(25)13-17(12-15)26-21-3-2-4-22-20(21)9-10-23(27-22)24-14-30(29-28-24)18-5-7-19(31)8-6-18/h2-14,26,31H,1H3. The van der Waals surface area contributed by atoms with E-state index < -0.39 is 0 Å². The van der Waals surface area contributed by atoms with Gasteiger partial charge in [0, 0.05) is 16.8 Å². The maximum absolute atomic E-state index is 13.8. The number of fused-ring (bicyclic) bond motifs is 1. The Balaban J connectivity index is 1.48. The van der Waals surface area contributed by atoms with Crippen molar-refractivity contribution in [3.8, 4) is 22.8 Å². The maximum atomic E-state index is 13.8. The minimum Gasteiger partial charge on any atom is -0.508 e. The normalized spacial score (nSPS) is 11.0. The van der Waals surface area contributed by atoms with Crippen LogP contribution in [-0.4, -0.2) is 25.1 Å². The molecule has 5 aromatic rings. The second-order valence-corrected chi connectivity index (χ2v) is 7.28. The van der Waals surface area contributed by atoms with Gasteiger partial charge in [-0.15, -0.1) is 5.10 Å². The van der Waals surface area contributed by atoms with Crippen molar-refractivity contribution in [1.29, 1.82) is 0 Å². The molecule has 0 saturated carbocycles. The first-order valence-electron chi connectivity index (χ1n) is 9.71. The van der Waals surface area contributed by atoms with Gasteiger partial charge in [-0.05, 0) is 79.2 Å². The number of nitrogens with one attached hydrogen (secondary N) is 1. The quantitative estimate of drug-likeness (QED) is 0.415. The number of hydrogen-bond acceptors (Lipinski definition) is 5. The summed E-state index contributed by atoms with van der Waals surface area (Å²) in [7, 11) is 0. The highest BCUT2D eigenvalue weighted by Gasteiger charge is 2.10. The predicted molar refractivity (Wildman–Crippen MR) is 118 cm³/mol. The van der Waals surface area contributed by atoms with Gasteiger partial charge in [0.05, 0.1) is 23.1 Å². The highest BCUT2D eigenvalue weighted by Crippen LogP contribution is 2.28. The number of phenolic OH excluding ortho intramolecular Hbond substituents is 1. The number of nitrogens with zero attached hydrogens (tertiary/aromatic N) is 4. The Kier molecular flexibility index (Phi) is 4.55. The summed E-state index contributed by atoms with van der Waals surface area (Å²) < 4.78 is 15.4. The number of hydrogen-bond donors (Lipinski definition) is 2. The number of pyridine rings is 1. The highest BCUT2D eigenvalue weighted by atomic mass is 19.1. The largest absolute Gasteiger partial charge is 0.508 e. The zero-order valence-electron chi connectivity index (χ0n) is 16.6. The van der Waals surface area contributed by atoms with E-state index in [9.17, 15) is 9.50 Å². The van der Waals surface area contributed by atoms with E-state index in [-0.39, 0.29) is 11.6 Å². The first kappa shape index (κ1) is 18.7. The van der Waals surface area contributed by atoms with Crippen LogP contribution in [-0.2, 0) is 0 Å². The van der Waals surface area contributed by atoms with Gasteiger partial charge in [-0.3, -0.25) is 0 Å². The Labute approximate surface area is 177 Å². The van der Waals surface area contributed by atoms with Crippen molar-refractivity contribution >= 4 is 22.3 Å². The van der Waals surface area contributed by atoms with E-state index in [1.807, 2.05) is 43.3 Å². The van der Waals surface area contributed by atoms with Crippen LogP contribution >= 0.6 is 0 Å². The molecule has 0 aliphatic rings. The summed E-state index contributed by atoms with van der Waals surface area (Å²) in [5.41, 5.74) is 5.27. The molecule has 0 saturated heterocycles. The fourth-order valence-corrected chi connectivity index (χ4v) is 3.48. The smallest absolute Gasteiger partial charge is 0.131 e. The highest BCUT2D eigenvalue weighted by molar-refractivity contribution is 5.94. The first-order chi connectivity index (χ1) is 15.0. The van der Waals surface area contributed by atoms with Gasteiger partial charge in [0.15, 0.2) is 0 Å². The van der Waals surface area contributed by atoms with Crippen molar-refractivity contribution in [2.45, 2.75) is 6.92 Å². The zero-order valence-corrected chi connectivity index (χ0v) is 16.6. The molecular weight excluding hydrogens is 393 g/mol. The fourth-order valence-electron chi connectivity index (χ4n) is 3.48. The van der Waals surface area contributed by atoms with Crippen LogP contribution in [0.2, 0.25) is 0 Å². The SMILES string of the molecule is Cc1cc(F)cc(Nc2cccc3nc(-c4cn(-c5ccc(O)cc5)nn4)ccc23)c1. The first-order valence-corrected chi connectivity index (χ1v) is 9.71. The molecule has 7 heteroatoms. The lowest BCUT2D eigenvalue weighted by Crippen LogP contribution is -1.94. The molecule has 2 N–H and O–H groups in total. The van der Waals surface area contributed by atoms with Crippen LogP contribution in [0.4, 0.5) is 15.8 Å². The average Bonchev–Trinajstić information content (AvgIpc) is 3.24. The number of rotatable bonds is 4.